The van der Waals surface area contributed by atoms with Crippen LogP contribution >= 0.6 is 0 Å². The minimum Gasteiger partial charge on any atom is -0.371 e. The highest BCUT2D eigenvalue weighted by Crippen LogP contribution is 2.25. The largest absolute Gasteiger partial charge is 0.371 e. The quantitative estimate of drug-likeness (QED) is 0.701. The molecule has 2 aromatic carbocycles. The minimum atomic E-state index is -0.325. The maximum absolute atomic E-state index is 14.6. The number of hydrogen-bond donors (Lipinski definition) is 1. The molecule has 0 bridgehead atoms. The minimum absolute atomic E-state index is 0.312. The fraction of sp³-hybridized carbons (Fsp3) is 0.238. The first-order valence-corrected chi connectivity index (χ1v) is 8.77. The van der Waals surface area contributed by atoms with Crippen molar-refractivity contribution in [3.63, 3.8) is 0 Å². The van der Waals surface area contributed by atoms with Crippen molar-refractivity contribution in [2.45, 2.75) is 19.8 Å². The molecule has 26 heavy (non-hydrogen) atoms. The standard InChI is InChI=1S/C21H19FN4/c1-14-4-7-19-20(10-14)25-21(24-19)16(13-23)11-15-5-6-17(12-18(15)22)26-8-2-3-9-26/h4-7,10-12H,2-3,8-9H2,1H3,(H,24,25). The predicted molar refractivity (Wildman–Crippen MR) is 102 cm³/mol. The first-order chi connectivity index (χ1) is 12.6. The van der Waals surface area contributed by atoms with Crippen LogP contribution in [0.5, 0.6) is 0 Å². The van der Waals surface area contributed by atoms with Gasteiger partial charge in [-0.25, -0.2) is 9.37 Å². The van der Waals surface area contributed by atoms with E-state index in [2.05, 4.69) is 20.9 Å². The van der Waals surface area contributed by atoms with Gasteiger partial charge in [-0.3, -0.25) is 0 Å². The monoisotopic (exact) mass is 346 g/mol. The Balaban J connectivity index is 1.69. The van der Waals surface area contributed by atoms with Gasteiger partial charge in [-0.2, -0.15) is 5.26 Å². The maximum Gasteiger partial charge on any atom is 0.149 e. The van der Waals surface area contributed by atoms with Crippen molar-refractivity contribution in [3.05, 3.63) is 59.2 Å². The number of anilines is 1. The smallest absolute Gasteiger partial charge is 0.149 e. The normalized spacial score (nSPS) is 14.8. The molecular formula is C21H19FN4. The van der Waals surface area contributed by atoms with E-state index in [1.54, 1.807) is 18.2 Å². The van der Waals surface area contributed by atoms with Gasteiger partial charge in [-0.15, -0.1) is 0 Å². The number of H-pyrrole nitrogens is 1. The van der Waals surface area contributed by atoms with Gasteiger partial charge in [0.15, 0.2) is 0 Å². The third-order valence-electron chi connectivity index (χ3n) is 4.77. The van der Waals surface area contributed by atoms with Crippen molar-refractivity contribution in [1.82, 2.24) is 9.97 Å². The zero-order chi connectivity index (χ0) is 18.1. The van der Waals surface area contributed by atoms with Gasteiger partial charge < -0.3 is 9.88 Å². The summed E-state index contributed by atoms with van der Waals surface area (Å²) in [7, 11) is 0. The van der Waals surface area contributed by atoms with E-state index in [1.807, 2.05) is 31.2 Å². The number of fused-ring (bicyclic) bond motifs is 1. The van der Waals surface area contributed by atoms with Gasteiger partial charge in [-0.05, 0) is 61.7 Å². The van der Waals surface area contributed by atoms with E-state index in [9.17, 15) is 9.65 Å². The molecule has 130 valence electrons. The van der Waals surface area contributed by atoms with Gasteiger partial charge in [-0.1, -0.05) is 6.07 Å². The molecule has 2 heterocycles. The zero-order valence-electron chi connectivity index (χ0n) is 14.6. The van der Waals surface area contributed by atoms with Gasteiger partial charge >= 0.3 is 0 Å². The van der Waals surface area contributed by atoms with Crippen LogP contribution < -0.4 is 4.90 Å². The van der Waals surface area contributed by atoms with Crippen molar-refractivity contribution in [2.24, 2.45) is 0 Å². The van der Waals surface area contributed by atoms with Gasteiger partial charge in [0.1, 0.15) is 17.7 Å². The summed E-state index contributed by atoms with van der Waals surface area (Å²) in [6, 6.07) is 13.2. The number of imidazole rings is 1. The fourth-order valence-electron chi connectivity index (χ4n) is 3.37. The molecule has 0 spiro atoms. The van der Waals surface area contributed by atoms with Crippen LogP contribution in [0.3, 0.4) is 0 Å². The van der Waals surface area contributed by atoms with E-state index in [0.717, 1.165) is 48.2 Å². The van der Waals surface area contributed by atoms with Crippen LogP contribution in [0, 0.1) is 24.1 Å². The fourth-order valence-corrected chi connectivity index (χ4v) is 3.37. The van der Waals surface area contributed by atoms with Gasteiger partial charge in [0.25, 0.3) is 0 Å². The third-order valence-corrected chi connectivity index (χ3v) is 4.77. The van der Waals surface area contributed by atoms with Crippen molar-refractivity contribution >= 4 is 28.4 Å². The number of nitriles is 1. The summed E-state index contributed by atoms with van der Waals surface area (Å²) in [4.78, 5) is 9.79. The topological polar surface area (TPSA) is 55.7 Å². The highest BCUT2D eigenvalue weighted by molar-refractivity contribution is 5.90. The highest BCUT2D eigenvalue weighted by Gasteiger charge is 2.14. The summed E-state index contributed by atoms with van der Waals surface area (Å²) in [5.41, 5.74) is 4.36. The van der Waals surface area contributed by atoms with E-state index >= 15 is 0 Å². The average molecular weight is 346 g/mol. The number of aromatic nitrogens is 2. The Morgan fingerprint density at radius 2 is 2.04 bits per heavy atom. The molecule has 4 rings (SSSR count). The highest BCUT2D eigenvalue weighted by atomic mass is 19.1. The number of aromatic amines is 1. The molecule has 0 aliphatic carbocycles. The number of nitrogens with zero attached hydrogens (tertiary/aromatic N) is 3. The predicted octanol–water partition coefficient (Wildman–Crippen LogP) is 4.67. The Kier molecular flexibility index (Phi) is 4.18. The number of halogens is 1. The van der Waals surface area contributed by atoms with E-state index in [0.29, 0.717) is 17.0 Å². The summed E-state index contributed by atoms with van der Waals surface area (Å²) in [5, 5.41) is 9.53. The SMILES string of the molecule is Cc1ccc2nc(C(C#N)=Cc3ccc(N4CCCC4)cc3F)[nH]c2c1. The Labute approximate surface area is 151 Å². The van der Waals surface area contributed by atoms with E-state index in [-0.39, 0.29) is 5.82 Å². The third kappa shape index (κ3) is 3.06. The van der Waals surface area contributed by atoms with Crippen LogP contribution in [0.4, 0.5) is 10.1 Å². The Hall–Kier alpha value is -3.13. The van der Waals surface area contributed by atoms with E-state index in [1.165, 1.54) is 0 Å². The number of aryl methyl sites for hydroxylation is 1. The molecule has 4 nitrogen and oxygen atoms in total. The molecule has 1 fully saturated rings. The lowest BCUT2D eigenvalue weighted by Gasteiger charge is -2.17. The number of hydrogen-bond acceptors (Lipinski definition) is 3. The molecule has 1 aliphatic rings. The lowest BCUT2D eigenvalue weighted by Crippen LogP contribution is -2.17. The number of rotatable bonds is 3. The summed E-state index contributed by atoms with van der Waals surface area (Å²) in [6.07, 6.45) is 3.84. The lowest BCUT2D eigenvalue weighted by molar-refractivity contribution is 0.624. The molecule has 0 saturated carbocycles. The Morgan fingerprint density at radius 3 is 2.77 bits per heavy atom. The summed E-state index contributed by atoms with van der Waals surface area (Å²) in [6.45, 7) is 3.94. The number of benzene rings is 2. The molecule has 1 aliphatic heterocycles. The zero-order valence-corrected chi connectivity index (χ0v) is 14.6. The first kappa shape index (κ1) is 16.3. The maximum atomic E-state index is 14.6. The Morgan fingerprint density at radius 1 is 1.23 bits per heavy atom. The summed E-state index contributed by atoms with van der Waals surface area (Å²) in [5.74, 6) is 0.130. The lowest BCUT2D eigenvalue weighted by atomic mass is 10.1. The molecule has 1 aromatic heterocycles. The summed E-state index contributed by atoms with van der Waals surface area (Å²) >= 11 is 0. The summed E-state index contributed by atoms with van der Waals surface area (Å²) < 4.78 is 14.6. The van der Waals surface area contributed by atoms with Crippen LogP contribution in [-0.2, 0) is 0 Å². The molecule has 0 radical (unpaired) electrons. The van der Waals surface area contributed by atoms with Crippen LogP contribution in [0.25, 0.3) is 22.7 Å². The second-order valence-electron chi connectivity index (χ2n) is 6.68. The van der Waals surface area contributed by atoms with Crippen molar-refractivity contribution in [3.8, 4) is 6.07 Å². The molecule has 5 heteroatoms. The molecule has 0 atom stereocenters. The molecule has 1 N–H and O–H groups in total. The molecular weight excluding hydrogens is 327 g/mol. The molecule has 1 saturated heterocycles. The van der Waals surface area contributed by atoms with Crippen molar-refractivity contribution in [1.29, 1.82) is 5.26 Å². The molecule has 0 unspecified atom stereocenters. The molecule has 3 aromatic rings. The van der Waals surface area contributed by atoms with E-state index in [4.69, 9.17) is 0 Å². The van der Waals surface area contributed by atoms with Gasteiger partial charge in [0, 0.05) is 24.3 Å². The van der Waals surface area contributed by atoms with Crippen molar-refractivity contribution < 1.29 is 4.39 Å². The van der Waals surface area contributed by atoms with Gasteiger partial charge in [0.05, 0.1) is 16.6 Å². The molecule has 0 amide bonds. The average Bonchev–Trinajstić information content (AvgIpc) is 3.30. The Bertz CT molecular complexity index is 1040. The van der Waals surface area contributed by atoms with Crippen LogP contribution in [-0.4, -0.2) is 23.1 Å². The number of nitrogens with one attached hydrogen (secondary N) is 1. The second kappa shape index (κ2) is 6.64. The van der Waals surface area contributed by atoms with Gasteiger partial charge in [0.2, 0.25) is 0 Å². The van der Waals surface area contributed by atoms with E-state index < -0.39 is 0 Å². The second-order valence-corrected chi connectivity index (χ2v) is 6.68. The first-order valence-electron chi connectivity index (χ1n) is 8.77. The van der Waals surface area contributed by atoms with Crippen molar-refractivity contribution in [2.75, 3.05) is 18.0 Å². The van der Waals surface area contributed by atoms with Crippen LogP contribution in [0.1, 0.15) is 29.8 Å². The number of allylic oxidation sites excluding steroid dienone is 1. The van der Waals surface area contributed by atoms with Crippen LogP contribution in [0.15, 0.2) is 36.4 Å². The van der Waals surface area contributed by atoms with Crippen LogP contribution in [0.2, 0.25) is 0 Å².